The van der Waals surface area contributed by atoms with E-state index in [-0.39, 0.29) is 18.1 Å². The Labute approximate surface area is 131 Å². The second kappa shape index (κ2) is 6.62. The molecule has 1 aliphatic heterocycles. The van der Waals surface area contributed by atoms with Gasteiger partial charge in [0.25, 0.3) is 0 Å². The van der Waals surface area contributed by atoms with E-state index >= 15 is 0 Å². The summed E-state index contributed by atoms with van der Waals surface area (Å²) in [5, 5.41) is 6.49. The number of hydrogen-bond acceptors (Lipinski definition) is 2. The molecule has 114 valence electrons. The Morgan fingerprint density at radius 3 is 2.41 bits per heavy atom. The standard InChI is InChI=1S/C18H21N3O/c1-14-12-19-17(15-8-4-2-5-9-15)13-21(14)18(22)20-16-10-6-3-7-11-16/h2-11,14,17,19H,12-13H2,1H3,(H,20,22). The van der Waals surface area contributed by atoms with E-state index in [0.29, 0.717) is 6.54 Å². The molecule has 2 amide bonds. The van der Waals surface area contributed by atoms with Crippen molar-refractivity contribution in [2.45, 2.75) is 19.0 Å². The molecule has 4 heteroatoms. The highest BCUT2D eigenvalue weighted by Gasteiger charge is 2.29. The maximum absolute atomic E-state index is 12.5. The van der Waals surface area contributed by atoms with Crippen LogP contribution in [-0.4, -0.2) is 30.1 Å². The summed E-state index contributed by atoms with van der Waals surface area (Å²) in [4.78, 5) is 14.4. The van der Waals surface area contributed by atoms with Crippen molar-refractivity contribution in [3.8, 4) is 0 Å². The van der Waals surface area contributed by atoms with Crippen molar-refractivity contribution in [1.29, 1.82) is 0 Å². The highest BCUT2D eigenvalue weighted by Crippen LogP contribution is 2.20. The first-order valence-corrected chi connectivity index (χ1v) is 7.65. The second-order valence-corrected chi connectivity index (χ2v) is 5.67. The van der Waals surface area contributed by atoms with Crippen LogP contribution in [0.5, 0.6) is 0 Å². The van der Waals surface area contributed by atoms with Gasteiger partial charge in [0.2, 0.25) is 0 Å². The van der Waals surface area contributed by atoms with Gasteiger partial charge in [0.1, 0.15) is 0 Å². The molecule has 2 N–H and O–H groups in total. The predicted octanol–water partition coefficient (Wildman–Crippen LogP) is 3.25. The molecule has 2 aromatic carbocycles. The van der Waals surface area contributed by atoms with E-state index in [1.165, 1.54) is 5.56 Å². The topological polar surface area (TPSA) is 44.4 Å². The van der Waals surface area contributed by atoms with E-state index in [1.54, 1.807) is 0 Å². The summed E-state index contributed by atoms with van der Waals surface area (Å²) < 4.78 is 0. The summed E-state index contributed by atoms with van der Waals surface area (Å²) in [5.41, 5.74) is 2.04. The van der Waals surface area contributed by atoms with E-state index < -0.39 is 0 Å². The maximum atomic E-state index is 12.5. The van der Waals surface area contributed by atoms with E-state index in [2.05, 4.69) is 29.7 Å². The first-order chi connectivity index (χ1) is 10.7. The smallest absolute Gasteiger partial charge is 0.319 e. The predicted molar refractivity (Wildman–Crippen MR) is 88.8 cm³/mol. The molecule has 0 spiro atoms. The Kier molecular flexibility index (Phi) is 4.39. The molecule has 3 rings (SSSR count). The third-order valence-electron chi connectivity index (χ3n) is 4.06. The van der Waals surface area contributed by atoms with Crippen molar-refractivity contribution < 1.29 is 4.79 Å². The van der Waals surface area contributed by atoms with E-state index in [4.69, 9.17) is 0 Å². The largest absolute Gasteiger partial charge is 0.322 e. The van der Waals surface area contributed by atoms with Crippen LogP contribution in [0.15, 0.2) is 60.7 Å². The third kappa shape index (κ3) is 3.28. The van der Waals surface area contributed by atoms with Gasteiger partial charge >= 0.3 is 6.03 Å². The lowest BCUT2D eigenvalue weighted by atomic mass is 10.0. The summed E-state index contributed by atoms with van der Waals surface area (Å²) in [7, 11) is 0. The van der Waals surface area contributed by atoms with Gasteiger partial charge in [-0.15, -0.1) is 0 Å². The molecule has 4 nitrogen and oxygen atoms in total. The lowest BCUT2D eigenvalue weighted by molar-refractivity contribution is 0.158. The number of nitrogens with zero attached hydrogens (tertiary/aromatic N) is 1. The van der Waals surface area contributed by atoms with Crippen molar-refractivity contribution in [2.75, 3.05) is 18.4 Å². The minimum Gasteiger partial charge on any atom is -0.319 e. The summed E-state index contributed by atoms with van der Waals surface area (Å²) in [5.74, 6) is 0. The number of carbonyl (C=O) groups excluding carboxylic acids is 1. The van der Waals surface area contributed by atoms with Crippen LogP contribution >= 0.6 is 0 Å². The Balaban J connectivity index is 1.70. The maximum Gasteiger partial charge on any atom is 0.322 e. The van der Waals surface area contributed by atoms with Crippen LogP contribution in [0.3, 0.4) is 0 Å². The van der Waals surface area contributed by atoms with Crippen molar-refractivity contribution >= 4 is 11.7 Å². The van der Waals surface area contributed by atoms with Crippen LogP contribution in [0.25, 0.3) is 0 Å². The number of nitrogens with one attached hydrogen (secondary N) is 2. The zero-order chi connectivity index (χ0) is 15.4. The van der Waals surface area contributed by atoms with Crippen LogP contribution in [0.1, 0.15) is 18.5 Å². The van der Waals surface area contributed by atoms with Gasteiger partial charge in [0, 0.05) is 24.8 Å². The number of amides is 2. The average Bonchev–Trinajstić information content (AvgIpc) is 2.57. The number of urea groups is 1. The summed E-state index contributed by atoms with van der Waals surface area (Å²) >= 11 is 0. The molecule has 1 fully saturated rings. The van der Waals surface area contributed by atoms with Gasteiger partial charge in [-0.1, -0.05) is 48.5 Å². The third-order valence-corrected chi connectivity index (χ3v) is 4.06. The minimum atomic E-state index is -0.0406. The van der Waals surface area contributed by atoms with Crippen molar-refractivity contribution in [1.82, 2.24) is 10.2 Å². The minimum absolute atomic E-state index is 0.0406. The van der Waals surface area contributed by atoms with Gasteiger partial charge in [-0.2, -0.15) is 0 Å². The first kappa shape index (κ1) is 14.6. The van der Waals surface area contributed by atoms with Crippen LogP contribution in [0.4, 0.5) is 10.5 Å². The van der Waals surface area contributed by atoms with Crippen molar-refractivity contribution in [3.05, 3.63) is 66.2 Å². The Morgan fingerprint density at radius 1 is 1.09 bits per heavy atom. The lowest BCUT2D eigenvalue weighted by Gasteiger charge is -2.39. The number of anilines is 1. The first-order valence-electron chi connectivity index (χ1n) is 7.65. The highest BCUT2D eigenvalue weighted by atomic mass is 16.2. The van der Waals surface area contributed by atoms with Gasteiger partial charge in [-0.05, 0) is 24.6 Å². The van der Waals surface area contributed by atoms with Crippen LogP contribution in [-0.2, 0) is 0 Å². The zero-order valence-electron chi connectivity index (χ0n) is 12.7. The molecule has 0 bridgehead atoms. The number of benzene rings is 2. The molecule has 22 heavy (non-hydrogen) atoms. The normalized spacial score (nSPS) is 21.4. The molecule has 0 saturated carbocycles. The molecule has 2 unspecified atom stereocenters. The second-order valence-electron chi connectivity index (χ2n) is 5.67. The van der Waals surface area contributed by atoms with Gasteiger partial charge in [0.15, 0.2) is 0 Å². The molecule has 0 radical (unpaired) electrons. The number of carbonyl (C=O) groups is 1. The number of rotatable bonds is 2. The van der Waals surface area contributed by atoms with Crippen LogP contribution in [0.2, 0.25) is 0 Å². The monoisotopic (exact) mass is 295 g/mol. The average molecular weight is 295 g/mol. The van der Waals surface area contributed by atoms with Gasteiger partial charge in [-0.25, -0.2) is 4.79 Å². The molecule has 1 aliphatic rings. The highest BCUT2D eigenvalue weighted by molar-refractivity contribution is 5.89. The lowest BCUT2D eigenvalue weighted by Crippen LogP contribution is -2.54. The van der Waals surface area contributed by atoms with Gasteiger partial charge in [-0.3, -0.25) is 0 Å². The summed E-state index contributed by atoms with van der Waals surface area (Å²) in [6, 6.07) is 20.2. The van der Waals surface area contributed by atoms with Crippen molar-refractivity contribution in [2.24, 2.45) is 0 Å². The number of piperazine rings is 1. The molecular formula is C18H21N3O. The van der Waals surface area contributed by atoms with Crippen LogP contribution < -0.4 is 10.6 Å². The Bertz CT molecular complexity index is 615. The quantitative estimate of drug-likeness (QED) is 0.893. The Hall–Kier alpha value is -2.33. The van der Waals surface area contributed by atoms with E-state index in [9.17, 15) is 4.79 Å². The van der Waals surface area contributed by atoms with Gasteiger partial charge in [0.05, 0.1) is 6.04 Å². The molecular weight excluding hydrogens is 274 g/mol. The van der Waals surface area contributed by atoms with E-state index in [0.717, 1.165) is 12.2 Å². The van der Waals surface area contributed by atoms with E-state index in [1.807, 2.05) is 53.4 Å². The molecule has 0 aromatic heterocycles. The van der Waals surface area contributed by atoms with Crippen LogP contribution in [0, 0.1) is 0 Å². The summed E-state index contributed by atoms with van der Waals surface area (Å²) in [6.07, 6.45) is 0. The van der Waals surface area contributed by atoms with Crippen molar-refractivity contribution in [3.63, 3.8) is 0 Å². The summed E-state index contributed by atoms with van der Waals surface area (Å²) in [6.45, 7) is 3.53. The molecule has 2 aromatic rings. The Morgan fingerprint density at radius 2 is 1.73 bits per heavy atom. The fourth-order valence-electron chi connectivity index (χ4n) is 2.77. The molecule has 1 heterocycles. The SMILES string of the molecule is CC1CNC(c2ccccc2)CN1C(=O)Nc1ccccc1. The molecule has 2 atom stereocenters. The molecule has 0 aliphatic carbocycles. The fourth-order valence-corrected chi connectivity index (χ4v) is 2.77. The fraction of sp³-hybridized carbons (Fsp3) is 0.278. The zero-order valence-corrected chi connectivity index (χ0v) is 12.7. The number of para-hydroxylation sites is 1. The number of hydrogen-bond donors (Lipinski definition) is 2. The molecule has 1 saturated heterocycles. The van der Waals surface area contributed by atoms with Gasteiger partial charge < -0.3 is 15.5 Å².